The number of hydrogen-bond donors (Lipinski definition) is 1. The minimum atomic E-state index is -3.56. The molecule has 33 heavy (non-hydrogen) atoms. The summed E-state index contributed by atoms with van der Waals surface area (Å²) in [6.45, 7) is 2.37. The second-order valence-corrected chi connectivity index (χ2v) is 10.6. The number of pyridine rings is 1. The molecule has 2 aliphatic heterocycles. The zero-order valence-electron chi connectivity index (χ0n) is 18.6. The summed E-state index contributed by atoms with van der Waals surface area (Å²) in [6.07, 6.45) is 3.10. The average Bonchev–Trinajstić information content (AvgIpc) is 3.23. The predicted octanol–water partition coefficient (Wildman–Crippen LogP) is 2.39. The molecule has 0 spiro atoms. The Labute approximate surface area is 199 Å². The molecular weight excluding hydrogens is 464 g/mol. The van der Waals surface area contributed by atoms with Crippen LogP contribution in [0.25, 0.3) is 5.57 Å². The number of carbonyl (C=O) groups is 1. The summed E-state index contributed by atoms with van der Waals surface area (Å²) in [7, 11) is -0.0795. The first kappa shape index (κ1) is 23.7. The highest BCUT2D eigenvalue weighted by Gasteiger charge is 2.27. The molecule has 1 aromatic heterocycles. The second kappa shape index (κ2) is 9.80. The third kappa shape index (κ3) is 5.22. The number of amides is 1. The minimum absolute atomic E-state index is 0.00543. The molecule has 176 valence electrons. The molecule has 4 rings (SSSR count). The fourth-order valence-electron chi connectivity index (χ4n) is 3.99. The lowest BCUT2D eigenvalue weighted by Crippen LogP contribution is -2.46. The van der Waals surface area contributed by atoms with Crippen molar-refractivity contribution in [2.45, 2.75) is 23.8 Å². The van der Waals surface area contributed by atoms with E-state index in [1.165, 1.54) is 11.4 Å². The Kier molecular flexibility index (Phi) is 7.04. The summed E-state index contributed by atoms with van der Waals surface area (Å²) in [5.41, 5.74) is 2.16. The van der Waals surface area contributed by atoms with Gasteiger partial charge in [-0.25, -0.2) is 13.4 Å². The fraction of sp³-hybridized carbons (Fsp3) is 0.391. The minimum Gasteiger partial charge on any atom is -0.480 e. The van der Waals surface area contributed by atoms with Crippen LogP contribution in [0.4, 0.5) is 0 Å². The summed E-state index contributed by atoms with van der Waals surface area (Å²) in [4.78, 5) is 18.6. The first-order valence-corrected chi connectivity index (χ1v) is 12.6. The van der Waals surface area contributed by atoms with Crippen LogP contribution in [0.1, 0.15) is 24.1 Å². The molecule has 0 aliphatic carbocycles. The summed E-state index contributed by atoms with van der Waals surface area (Å²) < 4.78 is 33.0. The number of nitrogens with one attached hydrogen (secondary N) is 1. The Morgan fingerprint density at radius 1 is 1.15 bits per heavy atom. The van der Waals surface area contributed by atoms with Crippen LogP contribution in [0.5, 0.6) is 5.88 Å². The second-order valence-electron chi connectivity index (χ2n) is 8.21. The highest BCUT2D eigenvalue weighted by atomic mass is 35.5. The van der Waals surface area contributed by atoms with Gasteiger partial charge < -0.3 is 15.0 Å². The van der Waals surface area contributed by atoms with Gasteiger partial charge in [-0.15, -0.1) is 0 Å². The van der Waals surface area contributed by atoms with Crippen LogP contribution in [-0.2, 0) is 14.8 Å². The molecule has 0 unspecified atom stereocenters. The number of carbonyl (C=O) groups excluding carboxylic acids is 1. The fourth-order valence-corrected chi connectivity index (χ4v) is 5.60. The number of likely N-dealkylation sites (N-methyl/N-ethyl adjacent to an activating group) is 1. The van der Waals surface area contributed by atoms with Gasteiger partial charge in [0.05, 0.1) is 17.7 Å². The Morgan fingerprint density at radius 3 is 2.45 bits per heavy atom. The lowest BCUT2D eigenvalue weighted by molar-refractivity contribution is -0.119. The zero-order chi connectivity index (χ0) is 23.6. The Bertz CT molecular complexity index is 1160. The molecular formula is C23H27ClN4O4S. The van der Waals surface area contributed by atoms with E-state index in [1.54, 1.807) is 36.4 Å². The number of hydrogen-bond acceptors (Lipinski definition) is 6. The van der Waals surface area contributed by atoms with Gasteiger partial charge in [0.25, 0.3) is 0 Å². The van der Waals surface area contributed by atoms with Crippen molar-refractivity contribution in [2.24, 2.45) is 0 Å². The van der Waals surface area contributed by atoms with Crippen LogP contribution in [0.3, 0.4) is 0 Å². The van der Waals surface area contributed by atoms with E-state index >= 15 is 0 Å². The molecule has 3 heterocycles. The number of benzene rings is 1. The number of piperazine rings is 1. The number of methoxy groups -OCH3 is 1. The monoisotopic (exact) mass is 490 g/mol. The summed E-state index contributed by atoms with van der Waals surface area (Å²) >= 11 is 6.15. The van der Waals surface area contributed by atoms with Gasteiger partial charge in [0, 0.05) is 44.2 Å². The molecule has 10 heteroatoms. The molecule has 1 aromatic carbocycles. The van der Waals surface area contributed by atoms with E-state index < -0.39 is 10.0 Å². The molecule has 2 aromatic rings. The van der Waals surface area contributed by atoms with Gasteiger partial charge in [0.1, 0.15) is 5.02 Å². The molecule has 2 aliphatic rings. The van der Waals surface area contributed by atoms with Crippen LogP contribution in [-0.4, -0.2) is 74.9 Å². The SMILES string of the molecule is COc1nc(/C(=C/[C@H]2CCC(=O)N2)c2ccc(S(=O)(=O)N3CCN(C)CC3)cc2)ccc1Cl. The lowest BCUT2D eigenvalue weighted by Gasteiger charge is -2.31. The molecule has 2 saturated heterocycles. The molecule has 1 atom stereocenters. The molecule has 2 fully saturated rings. The Balaban J connectivity index is 1.68. The Hall–Kier alpha value is -2.46. The quantitative estimate of drug-likeness (QED) is 0.668. The van der Waals surface area contributed by atoms with Crippen LogP contribution in [0.2, 0.25) is 5.02 Å². The van der Waals surface area contributed by atoms with E-state index in [-0.39, 0.29) is 16.8 Å². The van der Waals surface area contributed by atoms with Crippen molar-refractivity contribution in [1.29, 1.82) is 0 Å². The molecule has 0 radical (unpaired) electrons. The third-order valence-corrected chi connectivity index (χ3v) is 8.15. The van der Waals surface area contributed by atoms with Crippen LogP contribution < -0.4 is 10.1 Å². The van der Waals surface area contributed by atoms with Crippen molar-refractivity contribution >= 4 is 33.1 Å². The molecule has 1 amide bonds. The molecule has 8 nitrogen and oxygen atoms in total. The molecule has 1 N–H and O–H groups in total. The number of halogens is 1. The van der Waals surface area contributed by atoms with Gasteiger partial charge in [-0.2, -0.15) is 4.31 Å². The van der Waals surface area contributed by atoms with Crippen molar-refractivity contribution in [2.75, 3.05) is 40.3 Å². The maximum Gasteiger partial charge on any atom is 0.243 e. The number of sulfonamides is 1. The van der Waals surface area contributed by atoms with E-state index in [0.29, 0.717) is 55.6 Å². The zero-order valence-corrected chi connectivity index (χ0v) is 20.2. The number of rotatable bonds is 6. The Morgan fingerprint density at radius 2 is 1.85 bits per heavy atom. The molecule has 0 saturated carbocycles. The number of ether oxygens (including phenoxy) is 1. The van der Waals surface area contributed by atoms with Gasteiger partial charge in [-0.3, -0.25) is 4.79 Å². The van der Waals surface area contributed by atoms with E-state index in [4.69, 9.17) is 16.3 Å². The highest BCUT2D eigenvalue weighted by molar-refractivity contribution is 7.89. The van der Waals surface area contributed by atoms with Gasteiger partial charge in [-0.1, -0.05) is 29.8 Å². The topological polar surface area (TPSA) is 91.8 Å². The number of aromatic nitrogens is 1. The van der Waals surface area contributed by atoms with Crippen LogP contribution >= 0.6 is 11.6 Å². The average molecular weight is 491 g/mol. The van der Waals surface area contributed by atoms with Crippen molar-refractivity contribution in [1.82, 2.24) is 19.5 Å². The first-order valence-electron chi connectivity index (χ1n) is 10.8. The van der Waals surface area contributed by atoms with Gasteiger partial charge in [0.15, 0.2) is 0 Å². The van der Waals surface area contributed by atoms with Crippen LogP contribution in [0, 0.1) is 0 Å². The largest absolute Gasteiger partial charge is 0.480 e. The maximum atomic E-state index is 13.1. The third-order valence-electron chi connectivity index (χ3n) is 5.95. The van der Waals surface area contributed by atoms with E-state index in [1.807, 2.05) is 13.1 Å². The van der Waals surface area contributed by atoms with Crippen molar-refractivity contribution in [3.8, 4) is 5.88 Å². The van der Waals surface area contributed by atoms with Crippen LogP contribution in [0.15, 0.2) is 47.4 Å². The highest BCUT2D eigenvalue weighted by Crippen LogP contribution is 2.30. The lowest BCUT2D eigenvalue weighted by atomic mass is 9.99. The summed E-state index contributed by atoms with van der Waals surface area (Å²) in [6, 6.07) is 10.1. The van der Waals surface area contributed by atoms with Gasteiger partial charge in [-0.05, 0) is 43.3 Å². The standard InChI is InChI=1S/C23H27ClN4O4S/c1-27-11-13-28(14-12-27)33(30,31)18-6-3-16(4-7-18)19(15-17-5-10-22(29)25-17)21-9-8-20(24)23(26-21)32-2/h3-4,6-9,15,17H,5,10-14H2,1-2H3,(H,25,29)/b19-15+/t17-/m1/s1. The first-order chi connectivity index (χ1) is 15.8. The summed E-state index contributed by atoms with van der Waals surface area (Å²) in [5, 5.41) is 3.33. The van der Waals surface area contributed by atoms with Crippen molar-refractivity contribution in [3.05, 3.63) is 58.8 Å². The smallest absolute Gasteiger partial charge is 0.243 e. The normalized spacial score (nSPS) is 20.6. The van der Waals surface area contributed by atoms with Gasteiger partial charge >= 0.3 is 0 Å². The van der Waals surface area contributed by atoms with Crippen molar-refractivity contribution < 1.29 is 17.9 Å². The van der Waals surface area contributed by atoms with Crippen molar-refractivity contribution in [3.63, 3.8) is 0 Å². The predicted molar refractivity (Wildman–Crippen MR) is 127 cm³/mol. The number of nitrogens with zero attached hydrogens (tertiary/aromatic N) is 3. The summed E-state index contributed by atoms with van der Waals surface area (Å²) in [5.74, 6) is 0.302. The van der Waals surface area contributed by atoms with E-state index in [2.05, 4.69) is 15.2 Å². The van der Waals surface area contributed by atoms with E-state index in [9.17, 15) is 13.2 Å². The van der Waals surface area contributed by atoms with E-state index in [0.717, 1.165) is 11.1 Å². The van der Waals surface area contributed by atoms with Gasteiger partial charge in [0.2, 0.25) is 21.8 Å². The maximum absolute atomic E-state index is 13.1. The molecule has 0 bridgehead atoms.